The molecule has 3 rings (SSSR count). The van der Waals surface area contributed by atoms with Crippen LogP contribution in [0.1, 0.15) is 18.2 Å². The molecule has 1 aromatic heterocycles. The molecule has 0 spiro atoms. The second-order valence-electron chi connectivity index (χ2n) is 5.67. The third kappa shape index (κ3) is 4.43. The van der Waals surface area contributed by atoms with Crippen LogP contribution in [0.5, 0.6) is 0 Å². The van der Waals surface area contributed by atoms with Crippen LogP contribution in [-0.4, -0.2) is 49.0 Å². The maximum Gasteiger partial charge on any atom is 0.432 e. The molecule has 1 aromatic rings. The zero-order valence-electron chi connectivity index (χ0n) is 13.3. The average molecular weight is 354 g/mol. The van der Waals surface area contributed by atoms with Gasteiger partial charge in [0.2, 0.25) is 0 Å². The summed E-state index contributed by atoms with van der Waals surface area (Å²) >= 11 is 0. The molecule has 2 N–H and O–H groups in total. The van der Waals surface area contributed by atoms with Gasteiger partial charge in [0.05, 0.1) is 24.2 Å². The summed E-state index contributed by atoms with van der Waals surface area (Å²) in [5.74, 6) is -0.582. The Hall–Kier alpha value is -2.26. The molecule has 0 saturated carbocycles. The van der Waals surface area contributed by atoms with Gasteiger partial charge in [0, 0.05) is 25.2 Å². The minimum Gasteiger partial charge on any atom is -0.369 e. The molecule has 2 aliphatic heterocycles. The monoisotopic (exact) mass is 354 g/mol. The van der Waals surface area contributed by atoms with Crippen molar-refractivity contribution in [3.8, 4) is 0 Å². The molecule has 1 fully saturated rings. The SMILES string of the molecule is O=C(Nc1ccc([C@@H]2CNCCO2)nc1)C1=CC(C(F)(F)F)=NCC1. The van der Waals surface area contributed by atoms with Crippen LogP contribution in [0.3, 0.4) is 0 Å². The van der Waals surface area contributed by atoms with Crippen molar-refractivity contribution in [3.05, 3.63) is 35.7 Å². The normalized spacial score (nSPS) is 21.3. The molecule has 0 radical (unpaired) electrons. The molecule has 1 saturated heterocycles. The first kappa shape index (κ1) is 17.6. The minimum atomic E-state index is -4.55. The molecule has 2 aliphatic rings. The van der Waals surface area contributed by atoms with E-state index in [-0.39, 0.29) is 24.6 Å². The Morgan fingerprint density at radius 1 is 1.36 bits per heavy atom. The topological polar surface area (TPSA) is 75.6 Å². The fourth-order valence-electron chi connectivity index (χ4n) is 2.57. The Morgan fingerprint density at radius 2 is 2.20 bits per heavy atom. The molecule has 1 atom stereocenters. The van der Waals surface area contributed by atoms with Crippen LogP contribution in [0, 0.1) is 0 Å². The maximum atomic E-state index is 12.7. The highest BCUT2D eigenvalue weighted by molar-refractivity contribution is 6.11. The highest BCUT2D eigenvalue weighted by Gasteiger charge is 2.36. The van der Waals surface area contributed by atoms with E-state index in [9.17, 15) is 18.0 Å². The van der Waals surface area contributed by atoms with E-state index >= 15 is 0 Å². The highest BCUT2D eigenvalue weighted by atomic mass is 19.4. The number of ether oxygens (including phenoxy) is 1. The number of dihydropyridines is 1. The van der Waals surface area contributed by atoms with Crippen molar-refractivity contribution in [3.63, 3.8) is 0 Å². The molecular formula is C16H17F3N4O2. The smallest absolute Gasteiger partial charge is 0.369 e. The molecule has 0 unspecified atom stereocenters. The van der Waals surface area contributed by atoms with Gasteiger partial charge in [-0.2, -0.15) is 13.2 Å². The number of rotatable bonds is 3. The van der Waals surface area contributed by atoms with Crippen LogP contribution >= 0.6 is 0 Å². The summed E-state index contributed by atoms with van der Waals surface area (Å²) in [4.78, 5) is 19.8. The largest absolute Gasteiger partial charge is 0.432 e. The summed E-state index contributed by atoms with van der Waals surface area (Å²) < 4.78 is 43.7. The van der Waals surface area contributed by atoms with Gasteiger partial charge in [-0.1, -0.05) is 0 Å². The van der Waals surface area contributed by atoms with Crippen molar-refractivity contribution >= 4 is 17.3 Å². The molecule has 1 amide bonds. The second kappa shape index (κ2) is 7.32. The number of anilines is 1. The maximum absolute atomic E-state index is 12.7. The number of carbonyl (C=O) groups excluding carboxylic acids is 1. The molecule has 134 valence electrons. The van der Waals surface area contributed by atoms with Crippen molar-refractivity contribution in [2.24, 2.45) is 4.99 Å². The lowest BCUT2D eigenvalue weighted by molar-refractivity contribution is -0.113. The molecule has 0 aromatic carbocycles. The van der Waals surface area contributed by atoms with E-state index in [2.05, 4.69) is 20.6 Å². The number of carbonyl (C=O) groups is 1. The number of hydrogen-bond acceptors (Lipinski definition) is 5. The van der Waals surface area contributed by atoms with Crippen molar-refractivity contribution in [1.29, 1.82) is 0 Å². The van der Waals surface area contributed by atoms with E-state index in [1.807, 2.05) is 0 Å². The number of nitrogens with zero attached hydrogens (tertiary/aromatic N) is 2. The van der Waals surface area contributed by atoms with Crippen LogP contribution in [0.25, 0.3) is 0 Å². The van der Waals surface area contributed by atoms with E-state index in [4.69, 9.17) is 4.74 Å². The molecule has 3 heterocycles. The van der Waals surface area contributed by atoms with Crippen LogP contribution in [-0.2, 0) is 9.53 Å². The summed E-state index contributed by atoms with van der Waals surface area (Å²) in [5.41, 5.74) is 0.161. The third-order valence-corrected chi connectivity index (χ3v) is 3.86. The second-order valence-corrected chi connectivity index (χ2v) is 5.67. The summed E-state index contributed by atoms with van der Waals surface area (Å²) in [6.07, 6.45) is -2.28. The van der Waals surface area contributed by atoms with Gasteiger partial charge in [0.25, 0.3) is 5.91 Å². The van der Waals surface area contributed by atoms with E-state index in [0.29, 0.717) is 18.8 Å². The lowest BCUT2D eigenvalue weighted by Crippen LogP contribution is -2.33. The summed E-state index contributed by atoms with van der Waals surface area (Å²) in [6, 6.07) is 3.38. The predicted octanol–water partition coefficient (Wildman–Crippen LogP) is 2.01. The van der Waals surface area contributed by atoms with E-state index in [1.165, 1.54) is 6.20 Å². The summed E-state index contributed by atoms with van der Waals surface area (Å²) in [6.45, 7) is 1.99. The number of aliphatic imine (C=N–C) groups is 1. The molecule has 25 heavy (non-hydrogen) atoms. The molecule has 9 heteroatoms. The number of morpholine rings is 1. The van der Waals surface area contributed by atoms with Gasteiger partial charge in [-0.3, -0.25) is 14.8 Å². The fourth-order valence-corrected chi connectivity index (χ4v) is 2.57. The lowest BCUT2D eigenvalue weighted by atomic mass is 10.1. The van der Waals surface area contributed by atoms with Crippen molar-refractivity contribution in [2.45, 2.75) is 18.7 Å². The van der Waals surface area contributed by atoms with Crippen molar-refractivity contribution in [1.82, 2.24) is 10.3 Å². The molecule has 6 nitrogen and oxygen atoms in total. The quantitative estimate of drug-likeness (QED) is 0.871. The number of pyridine rings is 1. The van der Waals surface area contributed by atoms with Crippen LogP contribution in [0.15, 0.2) is 35.0 Å². The van der Waals surface area contributed by atoms with Gasteiger partial charge in [0.15, 0.2) is 0 Å². The molecular weight excluding hydrogens is 337 g/mol. The number of aromatic nitrogens is 1. The first-order chi connectivity index (χ1) is 11.9. The average Bonchev–Trinajstić information content (AvgIpc) is 2.62. The number of amides is 1. The Morgan fingerprint density at radius 3 is 2.84 bits per heavy atom. The van der Waals surface area contributed by atoms with E-state index in [0.717, 1.165) is 18.3 Å². The Labute approximate surface area is 142 Å². The minimum absolute atomic E-state index is 0.0474. The van der Waals surface area contributed by atoms with Crippen molar-refractivity contribution in [2.75, 3.05) is 31.6 Å². The number of nitrogens with one attached hydrogen (secondary N) is 2. The first-order valence-corrected chi connectivity index (χ1v) is 7.85. The number of allylic oxidation sites excluding steroid dienone is 1. The molecule has 0 aliphatic carbocycles. The van der Waals surface area contributed by atoms with Gasteiger partial charge in [-0.05, 0) is 24.6 Å². The Balaban J connectivity index is 1.65. The fraction of sp³-hybridized carbons (Fsp3) is 0.438. The van der Waals surface area contributed by atoms with Crippen LogP contribution < -0.4 is 10.6 Å². The lowest BCUT2D eigenvalue weighted by Gasteiger charge is -2.23. The van der Waals surface area contributed by atoms with E-state index in [1.54, 1.807) is 12.1 Å². The third-order valence-electron chi connectivity index (χ3n) is 3.86. The zero-order valence-corrected chi connectivity index (χ0v) is 13.3. The van der Waals surface area contributed by atoms with Crippen LogP contribution in [0.2, 0.25) is 0 Å². The first-order valence-electron chi connectivity index (χ1n) is 7.85. The highest BCUT2D eigenvalue weighted by Crippen LogP contribution is 2.23. The number of hydrogen-bond donors (Lipinski definition) is 2. The van der Waals surface area contributed by atoms with Crippen LogP contribution in [0.4, 0.5) is 18.9 Å². The zero-order chi connectivity index (χ0) is 17.9. The Kier molecular flexibility index (Phi) is 5.14. The van der Waals surface area contributed by atoms with Gasteiger partial charge in [-0.15, -0.1) is 0 Å². The molecule has 0 bridgehead atoms. The standard InChI is InChI=1S/C16H17F3N4O2/c17-16(18,19)14-7-10(3-4-21-14)15(24)23-11-1-2-12(22-8-11)13-9-20-5-6-25-13/h1-2,7-8,13,20H,3-6,9H2,(H,23,24)/t13-/m0/s1. The van der Waals surface area contributed by atoms with E-state index < -0.39 is 17.8 Å². The summed E-state index contributed by atoms with van der Waals surface area (Å²) in [7, 11) is 0. The Bertz CT molecular complexity index is 692. The van der Waals surface area contributed by atoms with Gasteiger partial charge >= 0.3 is 6.18 Å². The van der Waals surface area contributed by atoms with Gasteiger partial charge in [-0.25, -0.2) is 0 Å². The van der Waals surface area contributed by atoms with Crippen molar-refractivity contribution < 1.29 is 22.7 Å². The summed E-state index contributed by atoms with van der Waals surface area (Å²) in [5, 5.41) is 5.76. The van der Waals surface area contributed by atoms with Gasteiger partial charge in [0.1, 0.15) is 11.8 Å². The predicted molar refractivity (Wildman–Crippen MR) is 85.5 cm³/mol. The van der Waals surface area contributed by atoms with Gasteiger partial charge < -0.3 is 15.4 Å². The number of alkyl halides is 3. The number of halogens is 3.